The molecular formula is C14H28N2O. The number of hydrogen-bond donors (Lipinski definition) is 2. The average Bonchev–Trinajstić information content (AvgIpc) is 2.79. The van der Waals surface area contributed by atoms with Crippen LogP contribution in [-0.2, 0) is 4.79 Å². The third-order valence-electron chi connectivity index (χ3n) is 3.70. The summed E-state index contributed by atoms with van der Waals surface area (Å²) >= 11 is 0. The van der Waals surface area contributed by atoms with Crippen molar-refractivity contribution in [1.29, 1.82) is 0 Å². The maximum absolute atomic E-state index is 10.5. The van der Waals surface area contributed by atoms with Gasteiger partial charge in [-0.25, -0.2) is 0 Å². The highest BCUT2D eigenvalue weighted by molar-refractivity contribution is 5.73. The molecule has 0 aromatic carbocycles. The summed E-state index contributed by atoms with van der Waals surface area (Å²) in [5.74, 6) is 0.792. The van der Waals surface area contributed by atoms with Gasteiger partial charge < -0.3 is 11.1 Å². The summed E-state index contributed by atoms with van der Waals surface area (Å²) in [5, 5.41) is 3.42. The SMILES string of the molecule is NC(=O)CCCCCCCCCC1CCNC1. The van der Waals surface area contributed by atoms with E-state index in [9.17, 15) is 4.79 Å². The number of nitrogens with one attached hydrogen (secondary N) is 1. The number of amides is 1. The molecule has 1 aliphatic heterocycles. The smallest absolute Gasteiger partial charge is 0.217 e. The van der Waals surface area contributed by atoms with Crippen LogP contribution in [0, 0.1) is 5.92 Å². The molecule has 0 saturated carbocycles. The molecule has 1 fully saturated rings. The molecule has 1 amide bonds. The second-order valence-corrected chi connectivity index (χ2v) is 5.34. The Morgan fingerprint density at radius 1 is 1.06 bits per heavy atom. The quantitative estimate of drug-likeness (QED) is 0.577. The first-order chi connectivity index (χ1) is 8.29. The Bertz CT molecular complexity index is 200. The molecule has 0 bridgehead atoms. The second-order valence-electron chi connectivity index (χ2n) is 5.34. The van der Waals surface area contributed by atoms with Crippen LogP contribution in [0.5, 0.6) is 0 Å². The summed E-state index contributed by atoms with van der Waals surface area (Å²) in [6.45, 7) is 2.47. The van der Waals surface area contributed by atoms with Crippen molar-refractivity contribution < 1.29 is 4.79 Å². The molecule has 17 heavy (non-hydrogen) atoms. The predicted octanol–water partition coefficient (Wildman–Crippen LogP) is 2.59. The normalized spacial score (nSPS) is 19.6. The Hall–Kier alpha value is -0.570. The van der Waals surface area contributed by atoms with Crippen LogP contribution in [0.1, 0.15) is 64.2 Å². The molecule has 1 aliphatic rings. The minimum atomic E-state index is -0.157. The lowest BCUT2D eigenvalue weighted by Gasteiger charge is -2.07. The molecule has 1 saturated heterocycles. The fourth-order valence-electron chi connectivity index (χ4n) is 2.58. The van der Waals surface area contributed by atoms with Gasteiger partial charge in [0.05, 0.1) is 0 Å². The summed E-state index contributed by atoms with van der Waals surface area (Å²) in [5.41, 5.74) is 5.09. The van der Waals surface area contributed by atoms with Crippen LogP contribution in [0.4, 0.5) is 0 Å². The van der Waals surface area contributed by atoms with Gasteiger partial charge in [0.2, 0.25) is 5.91 Å². The molecule has 3 N–H and O–H groups in total. The summed E-state index contributed by atoms with van der Waals surface area (Å²) in [6.07, 6.45) is 12.2. The molecule has 3 heteroatoms. The van der Waals surface area contributed by atoms with Gasteiger partial charge in [-0.15, -0.1) is 0 Å². The lowest BCUT2D eigenvalue weighted by molar-refractivity contribution is -0.118. The van der Waals surface area contributed by atoms with Gasteiger partial charge in [0.15, 0.2) is 0 Å². The number of primary amides is 1. The van der Waals surface area contributed by atoms with Crippen LogP contribution in [0.15, 0.2) is 0 Å². The third kappa shape index (κ3) is 8.19. The van der Waals surface area contributed by atoms with Gasteiger partial charge in [-0.2, -0.15) is 0 Å². The Morgan fingerprint density at radius 3 is 2.29 bits per heavy atom. The number of nitrogens with two attached hydrogens (primary N) is 1. The highest BCUT2D eigenvalue weighted by Crippen LogP contribution is 2.17. The predicted molar refractivity (Wildman–Crippen MR) is 71.7 cm³/mol. The van der Waals surface area contributed by atoms with E-state index in [0.717, 1.165) is 18.8 Å². The summed E-state index contributed by atoms with van der Waals surface area (Å²) < 4.78 is 0. The molecule has 0 aromatic rings. The van der Waals surface area contributed by atoms with E-state index in [2.05, 4.69) is 5.32 Å². The Labute approximate surface area is 106 Å². The first-order valence-corrected chi connectivity index (χ1v) is 7.28. The Morgan fingerprint density at radius 2 is 1.71 bits per heavy atom. The van der Waals surface area contributed by atoms with E-state index in [1.165, 1.54) is 58.0 Å². The Kier molecular flexibility index (Phi) is 8.06. The van der Waals surface area contributed by atoms with Gasteiger partial charge in [0.1, 0.15) is 0 Å². The molecule has 3 nitrogen and oxygen atoms in total. The minimum Gasteiger partial charge on any atom is -0.370 e. The van der Waals surface area contributed by atoms with Crippen LogP contribution in [0.25, 0.3) is 0 Å². The molecule has 1 rings (SSSR count). The fourth-order valence-corrected chi connectivity index (χ4v) is 2.58. The number of carbonyl (C=O) groups is 1. The van der Waals surface area contributed by atoms with Crippen molar-refractivity contribution in [3.05, 3.63) is 0 Å². The van der Waals surface area contributed by atoms with Crippen molar-refractivity contribution in [2.45, 2.75) is 64.2 Å². The number of rotatable bonds is 10. The van der Waals surface area contributed by atoms with Crippen molar-refractivity contribution in [3.63, 3.8) is 0 Å². The lowest BCUT2D eigenvalue weighted by Crippen LogP contribution is -2.09. The molecular weight excluding hydrogens is 212 g/mol. The highest BCUT2D eigenvalue weighted by Gasteiger charge is 2.12. The van der Waals surface area contributed by atoms with E-state index in [1.807, 2.05) is 0 Å². The zero-order chi connectivity index (χ0) is 12.3. The van der Waals surface area contributed by atoms with Crippen LogP contribution in [0.3, 0.4) is 0 Å². The molecule has 1 unspecified atom stereocenters. The van der Waals surface area contributed by atoms with Crippen molar-refractivity contribution in [3.8, 4) is 0 Å². The average molecular weight is 240 g/mol. The first-order valence-electron chi connectivity index (χ1n) is 7.28. The van der Waals surface area contributed by atoms with Gasteiger partial charge in [0, 0.05) is 6.42 Å². The standard InChI is InChI=1S/C14H28N2O/c15-14(17)9-7-5-3-1-2-4-6-8-13-10-11-16-12-13/h13,16H,1-12H2,(H2,15,17). The number of unbranched alkanes of at least 4 members (excludes halogenated alkanes) is 6. The maximum Gasteiger partial charge on any atom is 0.217 e. The van der Waals surface area contributed by atoms with E-state index in [4.69, 9.17) is 5.73 Å². The van der Waals surface area contributed by atoms with Crippen LogP contribution in [0.2, 0.25) is 0 Å². The Balaban J connectivity index is 1.73. The summed E-state index contributed by atoms with van der Waals surface area (Å²) in [6, 6.07) is 0. The van der Waals surface area contributed by atoms with Crippen LogP contribution < -0.4 is 11.1 Å². The van der Waals surface area contributed by atoms with E-state index in [-0.39, 0.29) is 5.91 Å². The summed E-state index contributed by atoms with van der Waals surface area (Å²) in [4.78, 5) is 10.5. The largest absolute Gasteiger partial charge is 0.370 e. The van der Waals surface area contributed by atoms with Crippen LogP contribution in [-0.4, -0.2) is 19.0 Å². The van der Waals surface area contributed by atoms with E-state index in [1.54, 1.807) is 0 Å². The highest BCUT2D eigenvalue weighted by atomic mass is 16.1. The van der Waals surface area contributed by atoms with Crippen molar-refractivity contribution in [2.24, 2.45) is 11.7 Å². The van der Waals surface area contributed by atoms with E-state index < -0.39 is 0 Å². The van der Waals surface area contributed by atoms with Gasteiger partial charge >= 0.3 is 0 Å². The minimum absolute atomic E-state index is 0.157. The van der Waals surface area contributed by atoms with Crippen molar-refractivity contribution in [1.82, 2.24) is 5.32 Å². The molecule has 0 spiro atoms. The van der Waals surface area contributed by atoms with Crippen LogP contribution >= 0.6 is 0 Å². The van der Waals surface area contributed by atoms with Gasteiger partial charge in [-0.3, -0.25) is 4.79 Å². The number of hydrogen-bond acceptors (Lipinski definition) is 2. The lowest BCUT2D eigenvalue weighted by atomic mass is 9.99. The molecule has 0 radical (unpaired) electrons. The van der Waals surface area contributed by atoms with Gasteiger partial charge in [-0.1, -0.05) is 38.5 Å². The van der Waals surface area contributed by atoms with Gasteiger partial charge in [-0.05, 0) is 38.3 Å². The third-order valence-corrected chi connectivity index (χ3v) is 3.70. The van der Waals surface area contributed by atoms with Gasteiger partial charge in [0.25, 0.3) is 0 Å². The van der Waals surface area contributed by atoms with Crippen molar-refractivity contribution in [2.75, 3.05) is 13.1 Å². The monoisotopic (exact) mass is 240 g/mol. The first kappa shape index (κ1) is 14.5. The fraction of sp³-hybridized carbons (Fsp3) is 0.929. The second kappa shape index (κ2) is 9.46. The molecule has 0 aromatic heterocycles. The topological polar surface area (TPSA) is 55.1 Å². The molecule has 1 atom stereocenters. The zero-order valence-corrected chi connectivity index (χ0v) is 11.0. The van der Waals surface area contributed by atoms with E-state index >= 15 is 0 Å². The van der Waals surface area contributed by atoms with Crippen molar-refractivity contribution >= 4 is 5.91 Å². The maximum atomic E-state index is 10.5. The zero-order valence-electron chi connectivity index (χ0n) is 11.0. The number of carbonyl (C=O) groups excluding carboxylic acids is 1. The molecule has 1 heterocycles. The summed E-state index contributed by atoms with van der Waals surface area (Å²) in [7, 11) is 0. The molecule has 0 aliphatic carbocycles. The molecule has 100 valence electrons. The van der Waals surface area contributed by atoms with E-state index in [0.29, 0.717) is 6.42 Å².